The second-order valence-electron chi connectivity index (χ2n) is 5.69. The number of hydrogen-bond donors (Lipinski definition) is 0. The van der Waals surface area contributed by atoms with Gasteiger partial charge in [0.25, 0.3) is 0 Å². The molecule has 1 aliphatic heterocycles. The fourth-order valence-corrected chi connectivity index (χ4v) is 4.40. The topological polar surface area (TPSA) is 65.1 Å². The largest absolute Gasteiger partial charge is 0.497 e. The van der Waals surface area contributed by atoms with E-state index in [9.17, 15) is 8.42 Å². The summed E-state index contributed by atoms with van der Waals surface area (Å²) in [4.78, 5) is 0.144. The van der Waals surface area contributed by atoms with Crippen molar-refractivity contribution in [3.05, 3.63) is 30.9 Å². The number of rotatable bonds is 8. The van der Waals surface area contributed by atoms with Crippen molar-refractivity contribution in [2.75, 3.05) is 40.5 Å². The van der Waals surface area contributed by atoms with Crippen molar-refractivity contribution in [2.45, 2.75) is 17.7 Å². The summed E-state index contributed by atoms with van der Waals surface area (Å²) in [5.74, 6) is 1.19. The molecule has 1 heterocycles. The van der Waals surface area contributed by atoms with Gasteiger partial charge in [-0.05, 0) is 30.9 Å². The molecule has 1 saturated heterocycles. The highest BCUT2D eigenvalue weighted by Gasteiger charge is 2.31. The van der Waals surface area contributed by atoms with E-state index in [1.807, 2.05) is 0 Å². The van der Waals surface area contributed by atoms with Crippen LogP contribution in [0.3, 0.4) is 0 Å². The molecule has 134 valence electrons. The SMILES string of the molecule is C=CCOCC1CCN(S(=O)(=O)c2cc(OC)ccc2OC)CC1. The maximum atomic E-state index is 12.9. The van der Waals surface area contributed by atoms with Gasteiger partial charge >= 0.3 is 0 Å². The zero-order chi connectivity index (χ0) is 17.6. The number of methoxy groups -OCH3 is 2. The van der Waals surface area contributed by atoms with Crippen LogP contribution in [0, 0.1) is 5.92 Å². The fraction of sp³-hybridized carbons (Fsp3) is 0.529. The number of sulfonamides is 1. The van der Waals surface area contributed by atoms with Gasteiger partial charge in [0.2, 0.25) is 10.0 Å². The Morgan fingerprint density at radius 2 is 1.96 bits per heavy atom. The van der Waals surface area contributed by atoms with Crippen molar-refractivity contribution in [3.63, 3.8) is 0 Å². The molecule has 0 amide bonds. The van der Waals surface area contributed by atoms with E-state index in [1.54, 1.807) is 18.2 Å². The minimum absolute atomic E-state index is 0.144. The highest BCUT2D eigenvalue weighted by Crippen LogP contribution is 2.32. The Balaban J connectivity index is 2.10. The minimum Gasteiger partial charge on any atom is -0.497 e. The lowest BCUT2D eigenvalue weighted by Gasteiger charge is -2.31. The molecule has 2 rings (SSSR count). The molecule has 0 radical (unpaired) electrons. The van der Waals surface area contributed by atoms with E-state index in [0.717, 1.165) is 12.8 Å². The summed E-state index contributed by atoms with van der Waals surface area (Å²) in [5, 5.41) is 0. The number of piperidine rings is 1. The van der Waals surface area contributed by atoms with E-state index in [1.165, 1.54) is 24.6 Å². The fourth-order valence-electron chi connectivity index (χ4n) is 2.76. The lowest BCUT2D eigenvalue weighted by atomic mass is 9.99. The molecule has 24 heavy (non-hydrogen) atoms. The van der Waals surface area contributed by atoms with Crippen LogP contribution in [0.1, 0.15) is 12.8 Å². The molecule has 6 nitrogen and oxygen atoms in total. The Bertz CT molecular complexity index is 651. The standard InChI is InChI=1S/C17H25NO5S/c1-4-11-23-13-14-7-9-18(10-8-14)24(19,20)17-12-15(21-2)5-6-16(17)22-3/h4-6,12,14H,1,7-11,13H2,2-3H3. The third-order valence-corrected chi connectivity index (χ3v) is 6.07. The van der Waals surface area contributed by atoms with Crippen molar-refractivity contribution in [1.82, 2.24) is 4.31 Å². The van der Waals surface area contributed by atoms with Crippen molar-refractivity contribution < 1.29 is 22.6 Å². The van der Waals surface area contributed by atoms with E-state index >= 15 is 0 Å². The van der Waals surface area contributed by atoms with Gasteiger partial charge in [0.15, 0.2) is 0 Å². The first-order chi connectivity index (χ1) is 11.5. The summed E-state index contributed by atoms with van der Waals surface area (Å²) in [5.41, 5.74) is 0. The summed E-state index contributed by atoms with van der Waals surface area (Å²) >= 11 is 0. The van der Waals surface area contributed by atoms with E-state index in [-0.39, 0.29) is 4.90 Å². The second kappa shape index (κ2) is 8.50. The highest BCUT2D eigenvalue weighted by molar-refractivity contribution is 7.89. The van der Waals surface area contributed by atoms with Crippen LogP contribution < -0.4 is 9.47 Å². The monoisotopic (exact) mass is 355 g/mol. The van der Waals surface area contributed by atoms with Crippen LogP contribution in [-0.2, 0) is 14.8 Å². The van der Waals surface area contributed by atoms with Crippen LogP contribution in [0.25, 0.3) is 0 Å². The van der Waals surface area contributed by atoms with Crippen LogP contribution in [-0.4, -0.2) is 53.2 Å². The predicted octanol–water partition coefficient (Wildman–Crippen LogP) is 2.31. The molecule has 1 aromatic carbocycles. The van der Waals surface area contributed by atoms with Gasteiger partial charge in [0.1, 0.15) is 16.4 Å². The van der Waals surface area contributed by atoms with Gasteiger partial charge in [-0.2, -0.15) is 4.31 Å². The maximum absolute atomic E-state index is 12.9. The van der Waals surface area contributed by atoms with Crippen LogP contribution in [0.15, 0.2) is 35.7 Å². The normalized spacial score (nSPS) is 16.8. The first-order valence-electron chi connectivity index (χ1n) is 7.93. The van der Waals surface area contributed by atoms with Crippen LogP contribution in [0.2, 0.25) is 0 Å². The molecule has 0 spiro atoms. The lowest BCUT2D eigenvalue weighted by molar-refractivity contribution is 0.0982. The third kappa shape index (κ3) is 4.28. The van der Waals surface area contributed by atoms with Crippen molar-refractivity contribution in [2.24, 2.45) is 5.92 Å². The van der Waals surface area contributed by atoms with Crippen LogP contribution >= 0.6 is 0 Å². The number of ether oxygens (including phenoxy) is 3. The van der Waals surface area contributed by atoms with E-state index < -0.39 is 10.0 Å². The van der Waals surface area contributed by atoms with Gasteiger partial charge in [-0.3, -0.25) is 0 Å². The van der Waals surface area contributed by atoms with Crippen LogP contribution in [0.4, 0.5) is 0 Å². The van der Waals surface area contributed by atoms with Crippen molar-refractivity contribution in [1.29, 1.82) is 0 Å². The molecule has 0 bridgehead atoms. The zero-order valence-corrected chi connectivity index (χ0v) is 15.0. The zero-order valence-electron chi connectivity index (χ0n) is 14.2. The number of hydrogen-bond acceptors (Lipinski definition) is 5. The van der Waals surface area contributed by atoms with E-state index in [2.05, 4.69) is 6.58 Å². The van der Waals surface area contributed by atoms with E-state index in [4.69, 9.17) is 14.2 Å². The van der Waals surface area contributed by atoms with Gasteiger partial charge in [0, 0.05) is 25.8 Å². The van der Waals surface area contributed by atoms with Crippen molar-refractivity contribution >= 4 is 10.0 Å². The average Bonchev–Trinajstić information content (AvgIpc) is 2.61. The van der Waals surface area contributed by atoms with Gasteiger partial charge in [0.05, 0.1) is 20.8 Å². The Kier molecular flexibility index (Phi) is 6.65. The Labute approximate surface area is 144 Å². The van der Waals surface area contributed by atoms with Gasteiger partial charge in [-0.15, -0.1) is 6.58 Å². The first-order valence-corrected chi connectivity index (χ1v) is 9.37. The third-order valence-electron chi connectivity index (χ3n) is 4.15. The minimum atomic E-state index is -3.61. The predicted molar refractivity (Wildman–Crippen MR) is 92.0 cm³/mol. The lowest BCUT2D eigenvalue weighted by Crippen LogP contribution is -2.39. The molecule has 0 aromatic heterocycles. The number of benzene rings is 1. The average molecular weight is 355 g/mol. The maximum Gasteiger partial charge on any atom is 0.246 e. The molecule has 1 aliphatic rings. The first kappa shape index (κ1) is 18.8. The quantitative estimate of drug-likeness (QED) is 0.529. The Morgan fingerprint density at radius 1 is 1.25 bits per heavy atom. The van der Waals surface area contributed by atoms with Crippen molar-refractivity contribution in [3.8, 4) is 11.5 Å². The molecule has 0 atom stereocenters. The van der Waals surface area contributed by atoms with E-state index in [0.29, 0.717) is 43.7 Å². The summed E-state index contributed by atoms with van der Waals surface area (Å²) in [6.45, 7) is 5.74. The summed E-state index contributed by atoms with van der Waals surface area (Å²) < 4.78 is 43.2. The molecule has 0 saturated carbocycles. The molecule has 1 aromatic rings. The molecule has 1 fully saturated rings. The molecule has 7 heteroatoms. The molecule has 0 unspecified atom stereocenters. The highest BCUT2D eigenvalue weighted by atomic mass is 32.2. The smallest absolute Gasteiger partial charge is 0.246 e. The molecular formula is C17H25NO5S. The molecule has 0 N–H and O–H groups in total. The summed E-state index contributed by atoms with van der Waals surface area (Å²) in [6, 6.07) is 4.80. The summed E-state index contributed by atoms with van der Waals surface area (Å²) in [7, 11) is -0.645. The Hall–Kier alpha value is -1.57. The Morgan fingerprint density at radius 3 is 2.54 bits per heavy atom. The van der Waals surface area contributed by atoms with Gasteiger partial charge in [-0.1, -0.05) is 6.08 Å². The second-order valence-corrected chi connectivity index (χ2v) is 7.60. The van der Waals surface area contributed by atoms with Gasteiger partial charge < -0.3 is 14.2 Å². The van der Waals surface area contributed by atoms with Crippen LogP contribution in [0.5, 0.6) is 11.5 Å². The molecular weight excluding hydrogens is 330 g/mol. The number of nitrogens with zero attached hydrogens (tertiary/aromatic N) is 1. The van der Waals surface area contributed by atoms with Gasteiger partial charge in [-0.25, -0.2) is 8.42 Å². The summed E-state index contributed by atoms with van der Waals surface area (Å²) in [6.07, 6.45) is 3.28. The molecule has 0 aliphatic carbocycles.